The molecule has 0 spiro atoms. The highest BCUT2D eigenvalue weighted by molar-refractivity contribution is 5.86. The standard InChI is InChI=1S/C24H26N6/c1-4-5-6-18-9-11-19(12-10-18)27-24-29-22-21(25-13-14-26-22)23(30-24)28-20-15-16(2)7-8-17(20)3/h7-15H,4-6H2,1-3H3,(H2,26,27,28,29,30). The fourth-order valence-electron chi connectivity index (χ4n) is 3.27. The molecule has 152 valence electrons. The Balaban J connectivity index is 1.65. The van der Waals surface area contributed by atoms with E-state index in [4.69, 9.17) is 4.98 Å². The predicted molar refractivity (Wildman–Crippen MR) is 123 cm³/mol. The lowest BCUT2D eigenvalue weighted by atomic mass is 10.1. The Morgan fingerprint density at radius 1 is 0.867 bits per heavy atom. The van der Waals surface area contributed by atoms with Crippen LogP contribution in [0.25, 0.3) is 11.2 Å². The van der Waals surface area contributed by atoms with Crippen LogP contribution >= 0.6 is 0 Å². The van der Waals surface area contributed by atoms with Gasteiger partial charge in [0, 0.05) is 23.8 Å². The second-order valence-electron chi connectivity index (χ2n) is 7.49. The van der Waals surface area contributed by atoms with Gasteiger partial charge >= 0.3 is 0 Å². The van der Waals surface area contributed by atoms with Crippen molar-refractivity contribution in [1.29, 1.82) is 0 Å². The average molecular weight is 399 g/mol. The lowest BCUT2D eigenvalue weighted by Crippen LogP contribution is -2.05. The van der Waals surface area contributed by atoms with Crippen LogP contribution < -0.4 is 10.6 Å². The van der Waals surface area contributed by atoms with Crippen LogP contribution in [0.5, 0.6) is 0 Å². The molecule has 2 aromatic heterocycles. The molecule has 6 nitrogen and oxygen atoms in total. The largest absolute Gasteiger partial charge is 0.338 e. The SMILES string of the molecule is CCCCc1ccc(Nc2nc(Nc3cc(C)ccc3C)c3nccnc3n2)cc1. The highest BCUT2D eigenvalue weighted by atomic mass is 15.2. The summed E-state index contributed by atoms with van der Waals surface area (Å²) in [6.07, 6.45) is 6.79. The van der Waals surface area contributed by atoms with E-state index in [1.54, 1.807) is 12.4 Å². The van der Waals surface area contributed by atoms with Crippen molar-refractivity contribution in [3.8, 4) is 0 Å². The van der Waals surface area contributed by atoms with Crippen LogP contribution in [0.1, 0.15) is 36.5 Å². The molecular weight excluding hydrogens is 372 g/mol. The van der Waals surface area contributed by atoms with Crippen LogP contribution in [-0.4, -0.2) is 19.9 Å². The molecule has 0 amide bonds. The van der Waals surface area contributed by atoms with Gasteiger partial charge in [0.25, 0.3) is 0 Å². The second kappa shape index (κ2) is 8.86. The number of aromatic nitrogens is 4. The van der Waals surface area contributed by atoms with Crippen molar-refractivity contribution < 1.29 is 0 Å². The summed E-state index contributed by atoms with van der Waals surface area (Å²) < 4.78 is 0. The number of anilines is 4. The maximum absolute atomic E-state index is 4.70. The number of benzene rings is 2. The third kappa shape index (κ3) is 4.54. The monoisotopic (exact) mass is 398 g/mol. The molecule has 4 rings (SSSR count). The first-order valence-electron chi connectivity index (χ1n) is 10.3. The van der Waals surface area contributed by atoms with E-state index in [0.717, 1.165) is 23.4 Å². The number of unbranched alkanes of at least 4 members (excludes halogenated alkanes) is 1. The quantitative estimate of drug-likeness (QED) is 0.406. The van der Waals surface area contributed by atoms with Crippen molar-refractivity contribution in [3.63, 3.8) is 0 Å². The molecule has 0 aliphatic heterocycles. The highest BCUT2D eigenvalue weighted by Crippen LogP contribution is 2.26. The molecule has 30 heavy (non-hydrogen) atoms. The Labute approximate surface area is 176 Å². The number of aryl methyl sites for hydroxylation is 3. The van der Waals surface area contributed by atoms with Gasteiger partial charge in [0.2, 0.25) is 5.95 Å². The van der Waals surface area contributed by atoms with Crippen LogP contribution in [0.3, 0.4) is 0 Å². The number of hydrogen-bond acceptors (Lipinski definition) is 6. The molecule has 0 bridgehead atoms. The molecule has 0 unspecified atom stereocenters. The normalized spacial score (nSPS) is 10.9. The lowest BCUT2D eigenvalue weighted by molar-refractivity contribution is 0.795. The van der Waals surface area contributed by atoms with Gasteiger partial charge in [-0.3, -0.25) is 0 Å². The minimum Gasteiger partial charge on any atom is -0.338 e. The van der Waals surface area contributed by atoms with Gasteiger partial charge in [0.15, 0.2) is 17.0 Å². The first-order chi connectivity index (χ1) is 14.6. The fourth-order valence-corrected chi connectivity index (χ4v) is 3.27. The summed E-state index contributed by atoms with van der Waals surface area (Å²) >= 11 is 0. The average Bonchev–Trinajstić information content (AvgIpc) is 2.76. The van der Waals surface area contributed by atoms with Gasteiger partial charge in [-0.1, -0.05) is 37.6 Å². The summed E-state index contributed by atoms with van der Waals surface area (Å²) in [5.41, 5.74) is 6.76. The van der Waals surface area contributed by atoms with Gasteiger partial charge in [0.05, 0.1) is 0 Å². The van der Waals surface area contributed by atoms with Crippen LogP contribution in [-0.2, 0) is 6.42 Å². The predicted octanol–water partition coefficient (Wildman–Crippen LogP) is 5.87. The number of hydrogen-bond donors (Lipinski definition) is 2. The Hall–Kier alpha value is -3.54. The molecule has 2 aromatic carbocycles. The van der Waals surface area contributed by atoms with E-state index in [9.17, 15) is 0 Å². The van der Waals surface area contributed by atoms with Crippen molar-refractivity contribution in [2.75, 3.05) is 10.6 Å². The van der Waals surface area contributed by atoms with Crippen LogP contribution in [0, 0.1) is 13.8 Å². The van der Waals surface area contributed by atoms with Crippen LogP contribution in [0.2, 0.25) is 0 Å². The number of fused-ring (bicyclic) bond motifs is 1. The van der Waals surface area contributed by atoms with Gasteiger partial charge in [0.1, 0.15) is 0 Å². The fraction of sp³-hybridized carbons (Fsp3) is 0.250. The van der Waals surface area contributed by atoms with Crippen molar-refractivity contribution in [2.45, 2.75) is 40.0 Å². The molecular formula is C24H26N6. The van der Waals surface area contributed by atoms with Crippen LogP contribution in [0.4, 0.5) is 23.1 Å². The molecule has 0 aliphatic carbocycles. The number of nitrogens with zero attached hydrogens (tertiary/aromatic N) is 4. The topological polar surface area (TPSA) is 75.6 Å². The zero-order valence-corrected chi connectivity index (χ0v) is 17.6. The van der Waals surface area contributed by atoms with Crippen molar-refractivity contribution in [2.24, 2.45) is 0 Å². The van der Waals surface area contributed by atoms with Crippen molar-refractivity contribution in [3.05, 3.63) is 71.5 Å². The van der Waals surface area contributed by atoms with Crippen molar-refractivity contribution >= 4 is 34.3 Å². The van der Waals surface area contributed by atoms with Gasteiger partial charge in [-0.25, -0.2) is 9.97 Å². The summed E-state index contributed by atoms with van der Waals surface area (Å²) in [5.74, 6) is 1.11. The van der Waals surface area contributed by atoms with Gasteiger partial charge in [-0.15, -0.1) is 0 Å². The highest BCUT2D eigenvalue weighted by Gasteiger charge is 2.12. The maximum atomic E-state index is 4.70. The molecule has 0 saturated heterocycles. The molecule has 2 heterocycles. The Morgan fingerprint density at radius 3 is 2.47 bits per heavy atom. The van der Waals surface area contributed by atoms with E-state index in [-0.39, 0.29) is 0 Å². The molecule has 4 aromatic rings. The molecule has 6 heteroatoms. The maximum Gasteiger partial charge on any atom is 0.231 e. The van der Waals surface area contributed by atoms with E-state index in [2.05, 4.69) is 88.8 Å². The summed E-state index contributed by atoms with van der Waals surface area (Å²) in [6.45, 7) is 6.34. The number of rotatable bonds is 7. The molecule has 2 N–H and O–H groups in total. The summed E-state index contributed by atoms with van der Waals surface area (Å²) in [4.78, 5) is 18.1. The van der Waals surface area contributed by atoms with E-state index in [1.165, 1.54) is 24.0 Å². The smallest absolute Gasteiger partial charge is 0.231 e. The van der Waals surface area contributed by atoms with Gasteiger partial charge in [-0.05, 0) is 61.6 Å². The third-order valence-corrected chi connectivity index (χ3v) is 5.01. The zero-order valence-electron chi connectivity index (χ0n) is 17.6. The Kier molecular flexibility index (Phi) is 5.84. The Bertz CT molecular complexity index is 1150. The van der Waals surface area contributed by atoms with Gasteiger partial charge in [-0.2, -0.15) is 9.97 Å². The summed E-state index contributed by atoms with van der Waals surface area (Å²) in [5, 5.41) is 6.72. The third-order valence-electron chi connectivity index (χ3n) is 5.01. The molecule has 0 saturated carbocycles. The zero-order chi connectivity index (χ0) is 20.9. The first-order valence-corrected chi connectivity index (χ1v) is 10.3. The summed E-state index contributed by atoms with van der Waals surface area (Å²) in [7, 11) is 0. The van der Waals surface area contributed by atoms with Gasteiger partial charge < -0.3 is 10.6 Å². The minimum atomic E-state index is 0.483. The summed E-state index contributed by atoms with van der Waals surface area (Å²) in [6, 6.07) is 14.7. The molecule has 0 fully saturated rings. The van der Waals surface area contributed by atoms with E-state index in [0.29, 0.717) is 22.9 Å². The first kappa shape index (κ1) is 19.8. The van der Waals surface area contributed by atoms with E-state index < -0.39 is 0 Å². The van der Waals surface area contributed by atoms with Crippen molar-refractivity contribution in [1.82, 2.24) is 19.9 Å². The lowest BCUT2D eigenvalue weighted by Gasteiger charge is -2.13. The molecule has 0 atom stereocenters. The molecule has 0 aliphatic rings. The van der Waals surface area contributed by atoms with E-state index in [1.807, 2.05) is 0 Å². The Morgan fingerprint density at radius 2 is 1.67 bits per heavy atom. The molecule has 0 radical (unpaired) electrons. The second-order valence-corrected chi connectivity index (χ2v) is 7.49. The minimum absolute atomic E-state index is 0.483. The number of nitrogens with one attached hydrogen (secondary N) is 2. The van der Waals surface area contributed by atoms with Crippen LogP contribution in [0.15, 0.2) is 54.9 Å². The van der Waals surface area contributed by atoms with E-state index >= 15 is 0 Å².